The summed E-state index contributed by atoms with van der Waals surface area (Å²) in [6.07, 6.45) is -1.73. The summed E-state index contributed by atoms with van der Waals surface area (Å²) in [6, 6.07) is 2.28. The molecule has 9 N–H and O–H groups in total. The monoisotopic (exact) mass is 824 g/mol. The average molecular weight is 825 g/mol. The third kappa shape index (κ3) is 8.77. The number of phenols is 2. The molecule has 55 heavy (non-hydrogen) atoms. The number of halogens is 1. The normalized spacial score (nSPS) is 20.0. The van der Waals surface area contributed by atoms with Crippen molar-refractivity contribution < 1.29 is 68.8 Å². The molecule has 2 fully saturated rings. The Morgan fingerprint density at radius 1 is 1.13 bits per heavy atom. The molecule has 2 amide bonds. The van der Waals surface area contributed by atoms with Gasteiger partial charge in [0.25, 0.3) is 5.91 Å². The van der Waals surface area contributed by atoms with E-state index in [2.05, 4.69) is 20.6 Å². The fraction of sp³-hybridized carbons (Fsp3) is 0.406. The standard InChI is InChI=1S/C32H34ClN7O13S2/c33-22-15(3-4-18(41)26(22)45)23(37-52)27(46)35-5-8-40(6-1-2-7-40)11-14-12-54-29-16(28(47)39(29)25(14)31(50)51)9-19(42)24(17-13-55-32(34)36-17)38-53-20(30(48)49)10-21(43)44/h3-4,13,16,20,29H,1-2,5-12H2,(H8-,34,35,36,37,38,41,42,43,44,45,46,48,49,50,51,52)/p+1/t16-,20+,29-/m1/s1. The number of rotatable bonds is 17. The number of quaternary nitrogens is 1. The number of nitrogen functional groups attached to an aromatic ring is 1. The zero-order chi connectivity index (χ0) is 40.2. The quantitative estimate of drug-likeness (QED) is 0.0274. The Balaban J connectivity index is 1.29. The smallest absolute Gasteiger partial charge is 0.352 e. The molecule has 3 aliphatic rings. The van der Waals surface area contributed by atoms with Gasteiger partial charge in [0, 0.05) is 41.5 Å². The van der Waals surface area contributed by atoms with Gasteiger partial charge in [-0.2, -0.15) is 0 Å². The summed E-state index contributed by atoms with van der Waals surface area (Å²) in [4.78, 5) is 85.4. The predicted molar refractivity (Wildman–Crippen MR) is 194 cm³/mol. The second kappa shape index (κ2) is 16.9. The molecule has 4 heterocycles. The molecule has 20 nitrogen and oxygen atoms in total. The minimum atomic E-state index is -1.93. The number of carbonyl (C=O) groups is 6. The number of aromatic hydroxyl groups is 2. The number of β-lactam (4-membered cyclic amide) rings is 1. The van der Waals surface area contributed by atoms with E-state index in [1.807, 2.05) is 0 Å². The Morgan fingerprint density at radius 3 is 2.44 bits per heavy atom. The highest BCUT2D eigenvalue weighted by atomic mass is 35.5. The summed E-state index contributed by atoms with van der Waals surface area (Å²) < 4.78 is 0.379. The van der Waals surface area contributed by atoms with Crippen molar-refractivity contribution in [1.29, 1.82) is 0 Å². The number of hydrogen-bond donors (Lipinski definition) is 8. The molecule has 2 saturated heterocycles. The summed E-state index contributed by atoms with van der Waals surface area (Å²) in [7, 11) is 0. The Morgan fingerprint density at radius 2 is 1.84 bits per heavy atom. The molecule has 1 aromatic heterocycles. The van der Waals surface area contributed by atoms with Crippen LogP contribution in [0.2, 0.25) is 5.02 Å². The number of fused-ring (bicyclic) bond motifs is 1. The first-order chi connectivity index (χ1) is 26.1. The van der Waals surface area contributed by atoms with E-state index in [1.54, 1.807) is 0 Å². The Labute approximate surface area is 324 Å². The van der Waals surface area contributed by atoms with Gasteiger partial charge in [0.1, 0.15) is 17.9 Å². The van der Waals surface area contributed by atoms with E-state index in [-0.39, 0.29) is 40.9 Å². The number of likely N-dealkylation sites (tertiary alicyclic amines) is 1. The SMILES string of the molecule is Nc1nc(/C(=N/O[C@@H](CC(=O)O)C(=O)O)C(=O)C[C@@H]2C(=O)N3C(C(=O)O)=C(C[N+]4(CCNC(=O)/C(=N\O)c5ccc(O)c(O)c5Cl)CCCC4)CS[C@H]23)cs1. The molecule has 3 atom stereocenters. The molecular weight excluding hydrogens is 790 g/mol. The van der Waals surface area contributed by atoms with Crippen LogP contribution in [0.4, 0.5) is 5.13 Å². The van der Waals surface area contributed by atoms with Gasteiger partial charge in [-0.1, -0.05) is 21.9 Å². The van der Waals surface area contributed by atoms with Crippen LogP contribution in [-0.4, -0.2) is 142 Å². The molecule has 5 rings (SSSR count). The first-order valence-electron chi connectivity index (χ1n) is 16.5. The zero-order valence-corrected chi connectivity index (χ0v) is 31.0. The van der Waals surface area contributed by atoms with E-state index in [4.69, 9.17) is 27.3 Å². The molecule has 3 aliphatic heterocycles. The first-order valence-corrected chi connectivity index (χ1v) is 18.8. The summed E-state index contributed by atoms with van der Waals surface area (Å²) in [6.45, 7) is 1.94. The number of aliphatic carboxylic acids is 3. The van der Waals surface area contributed by atoms with Gasteiger partial charge in [0.2, 0.25) is 12.0 Å². The van der Waals surface area contributed by atoms with Crippen LogP contribution in [0.25, 0.3) is 0 Å². The van der Waals surface area contributed by atoms with Crippen LogP contribution in [0.3, 0.4) is 0 Å². The molecule has 294 valence electrons. The van der Waals surface area contributed by atoms with E-state index >= 15 is 0 Å². The van der Waals surface area contributed by atoms with Crippen LogP contribution in [-0.2, 0) is 33.6 Å². The Hall–Kier alpha value is -5.45. The molecule has 1 aromatic carbocycles. The van der Waals surface area contributed by atoms with Crippen LogP contribution in [0.5, 0.6) is 11.5 Å². The number of thiazole rings is 1. The molecule has 0 radical (unpaired) electrons. The van der Waals surface area contributed by atoms with Crippen molar-refractivity contribution >= 4 is 86.8 Å². The van der Waals surface area contributed by atoms with E-state index in [1.165, 1.54) is 23.2 Å². The molecule has 0 unspecified atom stereocenters. The molecular formula is C32H35ClN7O13S2+. The van der Waals surface area contributed by atoms with Crippen molar-refractivity contribution in [3.8, 4) is 11.5 Å². The number of amides is 2. The lowest BCUT2D eigenvalue weighted by Crippen LogP contribution is -2.63. The third-order valence-corrected chi connectivity index (χ3v) is 11.7. The number of nitrogens with one attached hydrogen (secondary N) is 1. The van der Waals surface area contributed by atoms with Crippen molar-refractivity contribution in [3.05, 3.63) is 45.1 Å². The van der Waals surface area contributed by atoms with E-state index < -0.39 is 93.7 Å². The largest absolute Gasteiger partial charge is 0.504 e. The first kappa shape index (κ1) is 40.7. The molecule has 0 bridgehead atoms. The maximum absolute atomic E-state index is 13.6. The lowest BCUT2D eigenvalue weighted by Gasteiger charge is -2.50. The van der Waals surface area contributed by atoms with E-state index in [0.717, 1.165) is 35.1 Å². The fourth-order valence-electron chi connectivity index (χ4n) is 6.64. The van der Waals surface area contributed by atoms with Gasteiger partial charge in [0.05, 0.1) is 48.9 Å². The topological polar surface area (TPSA) is 312 Å². The van der Waals surface area contributed by atoms with E-state index in [9.17, 15) is 54.4 Å². The lowest BCUT2D eigenvalue weighted by molar-refractivity contribution is -0.911. The Bertz CT molecular complexity index is 2010. The van der Waals surface area contributed by atoms with Crippen molar-refractivity contribution in [1.82, 2.24) is 15.2 Å². The van der Waals surface area contributed by atoms with Gasteiger partial charge < -0.3 is 51.1 Å². The Kier molecular flexibility index (Phi) is 12.5. The highest BCUT2D eigenvalue weighted by molar-refractivity contribution is 8.00. The van der Waals surface area contributed by atoms with E-state index in [0.29, 0.717) is 29.7 Å². The van der Waals surface area contributed by atoms with Crippen molar-refractivity contribution in [2.45, 2.75) is 37.2 Å². The van der Waals surface area contributed by atoms with Crippen LogP contribution in [0.15, 0.2) is 39.1 Å². The average Bonchev–Trinajstić information content (AvgIpc) is 3.78. The maximum Gasteiger partial charge on any atom is 0.352 e. The number of benzene rings is 1. The fourth-order valence-corrected chi connectivity index (χ4v) is 8.84. The zero-order valence-electron chi connectivity index (χ0n) is 28.6. The van der Waals surface area contributed by atoms with Crippen molar-refractivity contribution in [3.63, 3.8) is 0 Å². The minimum Gasteiger partial charge on any atom is -0.504 e. The number of nitrogens with zero attached hydrogens (tertiary/aromatic N) is 5. The number of thioether (sulfide) groups is 1. The predicted octanol–water partition coefficient (Wildman–Crippen LogP) is 0.873. The van der Waals surface area contributed by atoms with Gasteiger partial charge in [-0.25, -0.2) is 14.6 Å². The number of aromatic nitrogens is 1. The highest BCUT2D eigenvalue weighted by Crippen LogP contribution is 2.46. The number of carboxylic acid groups (broad SMARTS) is 3. The van der Waals surface area contributed by atoms with Gasteiger partial charge in [-0.15, -0.1) is 23.1 Å². The molecule has 0 spiro atoms. The van der Waals surface area contributed by atoms with Crippen LogP contribution in [0, 0.1) is 5.92 Å². The number of Topliss-reactive ketones (excluding diaryl/α,β-unsaturated/α-hetero) is 1. The number of carbonyl (C=O) groups excluding carboxylic acids is 3. The highest BCUT2D eigenvalue weighted by Gasteiger charge is 2.55. The lowest BCUT2D eigenvalue weighted by atomic mass is 9.89. The number of nitrogens with two attached hydrogens (primary N) is 1. The summed E-state index contributed by atoms with van der Waals surface area (Å²) in [5, 5.41) is 67.4. The van der Waals surface area contributed by atoms with Gasteiger partial charge in [-0.3, -0.25) is 24.1 Å². The van der Waals surface area contributed by atoms with Gasteiger partial charge in [0.15, 0.2) is 33.8 Å². The second-order valence-corrected chi connectivity index (χ2v) is 15.2. The maximum atomic E-state index is 13.6. The summed E-state index contributed by atoms with van der Waals surface area (Å²) in [5.74, 6) is -8.73. The number of oxime groups is 2. The number of hydrogen-bond acceptors (Lipinski definition) is 16. The molecule has 23 heteroatoms. The van der Waals surface area contributed by atoms with Crippen LogP contribution in [0.1, 0.15) is 36.9 Å². The van der Waals surface area contributed by atoms with Crippen LogP contribution < -0.4 is 11.1 Å². The van der Waals surface area contributed by atoms with Crippen molar-refractivity contribution in [2.24, 2.45) is 16.2 Å². The third-order valence-electron chi connectivity index (χ3n) is 9.28. The second-order valence-electron chi connectivity index (χ2n) is 12.8. The number of phenolic OH excluding ortho intramolecular Hbond substituents is 2. The molecule has 0 aliphatic carbocycles. The summed E-state index contributed by atoms with van der Waals surface area (Å²) in [5.41, 5.74) is 4.78. The van der Waals surface area contributed by atoms with Crippen LogP contribution >= 0.6 is 34.7 Å². The van der Waals surface area contributed by atoms with Gasteiger partial charge in [-0.05, 0) is 12.1 Å². The number of carboxylic acids is 3. The summed E-state index contributed by atoms with van der Waals surface area (Å²) >= 11 is 8.25. The van der Waals surface area contributed by atoms with Crippen molar-refractivity contribution in [2.75, 3.05) is 44.2 Å². The molecule has 2 aromatic rings. The minimum absolute atomic E-state index is 0.0398. The number of anilines is 1. The number of ketones is 1. The van der Waals surface area contributed by atoms with Gasteiger partial charge >= 0.3 is 17.9 Å². The molecule has 0 saturated carbocycles.